The van der Waals surface area contributed by atoms with Gasteiger partial charge in [0.05, 0.1) is 0 Å². The van der Waals surface area contributed by atoms with E-state index in [0.717, 1.165) is 0 Å². The van der Waals surface area contributed by atoms with Crippen LogP contribution in [0.2, 0.25) is 5.02 Å². The molecular formula is C18H15ClF5NO2. The molecule has 0 spiro atoms. The highest BCUT2D eigenvalue weighted by Crippen LogP contribution is 2.32. The maximum absolute atomic E-state index is 13.6. The normalized spacial score (nSPS) is 11.0. The number of nitrogens with one attached hydrogen (secondary N) is 1. The van der Waals surface area contributed by atoms with Crippen LogP contribution in [-0.2, 0) is 4.79 Å². The van der Waals surface area contributed by atoms with Gasteiger partial charge in [-0.25, -0.2) is 22.0 Å². The van der Waals surface area contributed by atoms with Crippen LogP contribution in [0.4, 0.5) is 27.6 Å². The van der Waals surface area contributed by atoms with Crippen molar-refractivity contribution in [1.29, 1.82) is 0 Å². The summed E-state index contributed by atoms with van der Waals surface area (Å²) in [6.07, 6.45) is 0. The number of anilines is 1. The second-order valence-electron chi connectivity index (χ2n) is 6.08. The Morgan fingerprint density at radius 3 is 2.07 bits per heavy atom. The lowest BCUT2D eigenvalue weighted by atomic mass is 10.0. The molecule has 0 aliphatic carbocycles. The minimum absolute atomic E-state index is 0.00339. The van der Waals surface area contributed by atoms with Crippen molar-refractivity contribution in [3.63, 3.8) is 0 Å². The van der Waals surface area contributed by atoms with E-state index in [-0.39, 0.29) is 5.92 Å². The van der Waals surface area contributed by atoms with Gasteiger partial charge in [-0.2, -0.15) is 0 Å². The third-order valence-corrected chi connectivity index (χ3v) is 4.15. The van der Waals surface area contributed by atoms with Crippen molar-refractivity contribution in [1.82, 2.24) is 0 Å². The zero-order valence-electron chi connectivity index (χ0n) is 14.5. The zero-order valence-corrected chi connectivity index (χ0v) is 15.3. The molecule has 0 aliphatic heterocycles. The highest BCUT2D eigenvalue weighted by atomic mass is 35.5. The second kappa shape index (κ2) is 8.12. The number of benzene rings is 2. The first-order chi connectivity index (χ1) is 12.5. The molecule has 0 heterocycles. The number of aryl methyl sites for hydroxylation is 1. The lowest BCUT2D eigenvalue weighted by molar-refractivity contribution is -0.118. The largest absolute Gasteiger partial charge is 0.483 e. The highest BCUT2D eigenvalue weighted by Gasteiger charge is 2.27. The fraction of sp³-hybridized carbons (Fsp3) is 0.278. The van der Waals surface area contributed by atoms with E-state index in [1.165, 1.54) is 0 Å². The van der Waals surface area contributed by atoms with E-state index >= 15 is 0 Å². The molecule has 0 saturated heterocycles. The summed E-state index contributed by atoms with van der Waals surface area (Å²) in [5, 5.41) is 2.14. The van der Waals surface area contributed by atoms with Gasteiger partial charge in [0.1, 0.15) is 11.4 Å². The average Bonchev–Trinajstić information content (AvgIpc) is 2.62. The lowest BCUT2D eigenvalue weighted by Gasteiger charge is -2.16. The molecule has 0 fully saturated rings. The average molecular weight is 408 g/mol. The fourth-order valence-corrected chi connectivity index (χ4v) is 2.45. The molecule has 9 heteroatoms. The van der Waals surface area contributed by atoms with Crippen molar-refractivity contribution in [2.24, 2.45) is 0 Å². The van der Waals surface area contributed by atoms with Crippen LogP contribution < -0.4 is 10.1 Å². The Kier molecular flexibility index (Phi) is 6.30. The molecule has 3 nitrogen and oxygen atoms in total. The van der Waals surface area contributed by atoms with Crippen molar-refractivity contribution in [2.75, 3.05) is 11.9 Å². The summed E-state index contributed by atoms with van der Waals surface area (Å²) in [6, 6.07) is 3.25. The van der Waals surface area contributed by atoms with Gasteiger partial charge in [-0.05, 0) is 36.1 Å². The van der Waals surface area contributed by atoms with E-state index in [9.17, 15) is 26.7 Å². The van der Waals surface area contributed by atoms with Gasteiger partial charge in [-0.3, -0.25) is 4.79 Å². The summed E-state index contributed by atoms with van der Waals surface area (Å²) < 4.78 is 71.9. The topological polar surface area (TPSA) is 38.3 Å². The van der Waals surface area contributed by atoms with Gasteiger partial charge in [0.15, 0.2) is 29.9 Å². The number of amides is 1. The van der Waals surface area contributed by atoms with Crippen LogP contribution in [0.25, 0.3) is 0 Å². The van der Waals surface area contributed by atoms with E-state index in [0.29, 0.717) is 21.9 Å². The molecular weight excluding hydrogens is 393 g/mol. The molecule has 1 N–H and O–H groups in total. The Bertz CT molecular complexity index is 873. The van der Waals surface area contributed by atoms with Gasteiger partial charge in [-0.1, -0.05) is 25.4 Å². The molecule has 0 bridgehead atoms. The van der Waals surface area contributed by atoms with Crippen molar-refractivity contribution < 1.29 is 31.5 Å². The smallest absolute Gasteiger partial charge is 0.262 e. The number of halogens is 6. The van der Waals surface area contributed by atoms with Crippen molar-refractivity contribution >= 4 is 23.2 Å². The Balaban J connectivity index is 2.21. The lowest BCUT2D eigenvalue weighted by Crippen LogP contribution is -2.23. The van der Waals surface area contributed by atoms with Gasteiger partial charge < -0.3 is 10.1 Å². The molecule has 0 aliphatic rings. The Hall–Kier alpha value is -2.35. The first-order valence-corrected chi connectivity index (χ1v) is 8.16. The monoisotopic (exact) mass is 407 g/mol. The molecule has 2 aromatic carbocycles. The van der Waals surface area contributed by atoms with E-state index in [1.807, 2.05) is 13.8 Å². The summed E-state index contributed by atoms with van der Waals surface area (Å²) >= 11 is 6.06. The maximum atomic E-state index is 13.6. The van der Waals surface area contributed by atoms with E-state index in [2.05, 4.69) is 0 Å². The molecule has 0 radical (unpaired) electrons. The predicted molar refractivity (Wildman–Crippen MR) is 90.6 cm³/mol. The van der Waals surface area contributed by atoms with Crippen LogP contribution in [0.15, 0.2) is 12.1 Å². The number of ether oxygens (including phenoxy) is 1. The SMILES string of the molecule is Cc1cc(OCC(=O)Nc2c(F)c(F)c(F)c(F)c2F)c(C(C)C)cc1Cl. The van der Waals surface area contributed by atoms with Gasteiger partial charge in [-0.15, -0.1) is 0 Å². The van der Waals surface area contributed by atoms with E-state index in [4.69, 9.17) is 16.3 Å². The number of carbonyl (C=O) groups is 1. The quantitative estimate of drug-likeness (QED) is 0.404. The van der Waals surface area contributed by atoms with E-state index < -0.39 is 47.3 Å². The Labute approximate surface area is 157 Å². The summed E-state index contributed by atoms with van der Waals surface area (Å²) in [4.78, 5) is 11.9. The fourth-order valence-electron chi connectivity index (χ4n) is 2.28. The van der Waals surface area contributed by atoms with Crippen LogP contribution in [0, 0.1) is 36.0 Å². The third kappa shape index (κ3) is 4.32. The van der Waals surface area contributed by atoms with Gasteiger partial charge >= 0.3 is 0 Å². The number of hydrogen-bond acceptors (Lipinski definition) is 2. The first-order valence-electron chi connectivity index (χ1n) is 7.78. The number of carbonyl (C=O) groups excluding carboxylic acids is 1. The standard InChI is InChI=1S/C18H15ClF5NO2/c1-7(2)9-5-10(19)8(3)4-11(9)27-6-12(26)25-18-16(23)14(21)13(20)15(22)17(18)24/h4-5,7H,6H2,1-3H3,(H,25,26). The zero-order chi connectivity index (χ0) is 20.5. The van der Waals surface area contributed by atoms with Crippen LogP contribution in [0.3, 0.4) is 0 Å². The summed E-state index contributed by atoms with van der Waals surface area (Å²) in [5.41, 5.74) is -0.0674. The van der Waals surface area contributed by atoms with Crippen molar-refractivity contribution in [3.05, 3.63) is 57.4 Å². The van der Waals surface area contributed by atoms with Crippen LogP contribution in [0.5, 0.6) is 5.75 Å². The Morgan fingerprint density at radius 1 is 1.04 bits per heavy atom. The van der Waals surface area contributed by atoms with Crippen LogP contribution in [0.1, 0.15) is 30.9 Å². The summed E-state index contributed by atoms with van der Waals surface area (Å²) in [7, 11) is 0. The molecule has 2 aromatic rings. The molecule has 27 heavy (non-hydrogen) atoms. The number of hydrogen-bond donors (Lipinski definition) is 1. The van der Waals surface area contributed by atoms with Gasteiger partial charge in [0, 0.05) is 5.02 Å². The van der Waals surface area contributed by atoms with Gasteiger partial charge in [0.2, 0.25) is 5.82 Å². The molecule has 0 aromatic heterocycles. The van der Waals surface area contributed by atoms with Crippen LogP contribution in [-0.4, -0.2) is 12.5 Å². The highest BCUT2D eigenvalue weighted by molar-refractivity contribution is 6.31. The van der Waals surface area contributed by atoms with Crippen molar-refractivity contribution in [3.8, 4) is 5.75 Å². The van der Waals surface area contributed by atoms with E-state index in [1.54, 1.807) is 24.4 Å². The predicted octanol–water partition coefficient (Wildman–Crippen LogP) is 5.48. The van der Waals surface area contributed by atoms with Crippen LogP contribution >= 0.6 is 11.6 Å². The van der Waals surface area contributed by atoms with Gasteiger partial charge in [0.25, 0.3) is 5.91 Å². The first kappa shape index (κ1) is 21.0. The molecule has 0 atom stereocenters. The summed E-state index contributed by atoms with van der Waals surface area (Å²) in [5.74, 6) is -11.7. The maximum Gasteiger partial charge on any atom is 0.262 e. The molecule has 0 saturated carbocycles. The van der Waals surface area contributed by atoms with Crippen molar-refractivity contribution in [2.45, 2.75) is 26.7 Å². The third-order valence-electron chi connectivity index (χ3n) is 3.75. The molecule has 146 valence electrons. The number of rotatable bonds is 5. The second-order valence-corrected chi connectivity index (χ2v) is 6.48. The minimum Gasteiger partial charge on any atom is -0.483 e. The molecule has 0 unspecified atom stereocenters. The minimum atomic E-state index is -2.31. The summed E-state index contributed by atoms with van der Waals surface area (Å²) in [6.45, 7) is 4.74. The Morgan fingerprint density at radius 2 is 1.56 bits per heavy atom. The molecule has 2 rings (SSSR count). The molecule has 1 amide bonds.